The van der Waals surface area contributed by atoms with Crippen molar-refractivity contribution in [1.82, 2.24) is 4.31 Å². The van der Waals surface area contributed by atoms with E-state index in [4.69, 9.17) is 17.3 Å². The Morgan fingerprint density at radius 3 is 2.59 bits per heavy atom. The molecule has 27 heavy (non-hydrogen) atoms. The van der Waals surface area contributed by atoms with E-state index in [0.717, 1.165) is 25.5 Å². The highest BCUT2D eigenvalue weighted by atomic mass is 35.5. The number of halogens is 1. The number of aliphatic imine (C=N–C) groups is 1. The molecule has 0 radical (unpaired) electrons. The number of nitrogens with two attached hydrogens (primary N) is 1. The molecule has 0 amide bonds. The van der Waals surface area contributed by atoms with Gasteiger partial charge >= 0.3 is 0 Å². The van der Waals surface area contributed by atoms with E-state index in [1.54, 1.807) is 6.92 Å². The topological polar surface area (TPSA) is 75.8 Å². The normalized spacial score (nSPS) is 22.0. The third kappa shape index (κ3) is 3.09. The highest BCUT2D eigenvalue weighted by molar-refractivity contribution is 7.89. The molecule has 8 heteroatoms. The second kappa shape index (κ2) is 6.22. The van der Waals surface area contributed by atoms with Gasteiger partial charge in [0.2, 0.25) is 16.0 Å². The Bertz CT molecular complexity index is 1190. The van der Waals surface area contributed by atoms with Crippen LogP contribution in [0.5, 0.6) is 0 Å². The van der Waals surface area contributed by atoms with Crippen LogP contribution in [0.3, 0.4) is 0 Å². The SMILES string of the molecule is CN1C(N)=N[C@](C)(c2sc(-c3ccc4ccccc4c3)cc2Cl)CS1(=O)=O. The first-order valence-electron chi connectivity index (χ1n) is 8.30. The van der Waals surface area contributed by atoms with Crippen molar-refractivity contribution in [2.24, 2.45) is 10.7 Å². The summed E-state index contributed by atoms with van der Waals surface area (Å²) < 4.78 is 25.9. The monoisotopic (exact) mass is 419 g/mol. The lowest BCUT2D eigenvalue weighted by Crippen LogP contribution is -2.50. The molecule has 0 bridgehead atoms. The standard InChI is InChI=1S/C19H18ClN3O2S2/c1-19(11-27(24,25)23(2)18(21)22-19)17-15(20)10-16(26-17)14-8-7-12-5-3-4-6-13(12)9-14/h3-10H,11H2,1-2H3,(H2,21,22)/t19-/m0/s1. The minimum atomic E-state index is -3.54. The largest absolute Gasteiger partial charge is 0.369 e. The van der Waals surface area contributed by atoms with Crippen LogP contribution < -0.4 is 5.73 Å². The molecule has 1 atom stereocenters. The summed E-state index contributed by atoms with van der Waals surface area (Å²) in [6, 6.07) is 16.2. The van der Waals surface area contributed by atoms with Gasteiger partial charge in [0.25, 0.3) is 0 Å². The highest BCUT2D eigenvalue weighted by Crippen LogP contribution is 2.44. The van der Waals surface area contributed by atoms with Gasteiger partial charge in [-0.25, -0.2) is 17.7 Å². The van der Waals surface area contributed by atoms with E-state index >= 15 is 0 Å². The van der Waals surface area contributed by atoms with E-state index < -0.39 is 15.6 Å². The van der Waals surface area contributed by atoms with Crippen LogP contribution in [0, 0.1) is 0 Å². The van der Waals surface area contributed by atoms with Crippen LogP contribution in [0.1, 0.15) is 11.8 Å². The summed E-state index contributed by atoms with van der Waals surface area (Å²) in [5.74, 6) is -0.199. The van der Waals surface area contributed by atoms with Gasteiger partial charge in [-0.2, -0.15) is 0 Å². The first-order chi connectivity index (χ1) is 12.7. The first-order valence-corrected chi connectivity index (χ1v) is 11.1. The Morgan fingerprint density at radius 2 is 1.89 bits per heavy atom. The van der Waals surface area contributed by atoms with Crippen LogP contribution in [0.15, 0.2) is 53.5 Å². The smallest absolute Gasteiger partial charge is 0.239 e. The summed E-state index contributed by atoms with van der Waals surface area (Å²) in [6.45, 7) is 1.76. The van der Waals surface area contributed by atoms with Crippen LogP contribution in [-0.4, -0.2) is 31.5 Å². The van der Waals surface area contributed by atoms with E-state index in [2.05, 4.69) is 29.3 Å². The van der Waals surface area contributed by atoms with Crippen molar-refractivity contribution in [3.63, 3.8) is 0 Å². The first kappa shape index (κ1) is 18.3. The number of nitrogens with zero attached hydrogens (tertiary/aromatic N) is 2. The van der Waals surface area contributed by atoms with E-state index in [9.17, 15) is 8.42 Å². The zero-order valence-electron chi connectivity index (χ0n) is 14.8. The molecule has 0 saturated heterocycles. The molecule has 2 N–H and O–H groups in total. The molecule has 140 valence electrons. The van der Waals surface area contributed by atoms with Gasteiger partial charge in [0.1, 0.15) is 5.54 Å². The Morgan fingerprint density at radius 1 is 1.19 bits per heavy atom. The summed E-state index contributed by atoms with van der Waals surface area (Å²) in [5, 5.41) is 2.80. The Labute approximate surface area is 167 Å². The molecule has 2 aromatic carbocycles. The zero-order valence-corrected chi connectivity index (χ0v) is 17.2. The number of guanidine groups is 1. The van der Waals surface area contributed by atoms with Crippen molar-refractivity contribution < 1.29 is 8.42 Å². The predicted octanol–water partition coefficient (Wildman–Crippen LogP) is 4.03. The average Bonchev–Trinajstić information content (AvgIpc) is 3.01. The molecule has 0 spiro atoms. The maximum atomic E-state index is 12.4. The minimum absolute atomic E-state index is 0.0273. The lowest BCUT2D eigenvalue weighted by molar-refractivity contribution is 0.482. The molecule has 5 nitrogen and oxygen atoms in total. The summed E-state index contributed by atoms with van der Waals surface area (Å²) in [7, 11) is -2.13. The molecule has 0 unspecified atom stereocenters. The van der Waals surface area contributed by atoms with Gasteiger partial charge in [-0.05, 0) is 35.4 Å². The molecule has 0 aliphatic carbocycles. The van der Waals surface area contributed by atoms with Gasteiger partial charge < -0.3 is 5.73 Å². The zero-order chi connectivity index (χ0) is 19.4. The minimum Gasteiger partial charge on any atom is -0.369 e. The maximum Gasteiger partial charge on any atom is 0.239 e. The van der Waals surface area contributed by atoms with E-state index in [1.165, 1.54) is 18.4 Å². The van der Waals surface area contributed by atoms with Crippen molar-refractivity contribution in [3.05, 3.63) is 58.4 Å². The van der Waals surface area contributed by atoms with Crippen LogP contribution in [0.2, 0.25) is 5.02 Å². The lowest BCUT2D eigenvalue weighted by Gasteiger charge is -2.33. The number of hydrogen-bond acceptors (Lipinski definition) is 5. The van der Waals surface area contributed by atoms with Gasteiger partial charge in [-0.15, -0.1) is 11.3 Å². The molecular formula is C19H18ClN3O2S2. The highest BCUT2D eigenvalue weighted by Gasteiger charge is 2.42. The van der Waals surface area contributed by atoms with Gasteiger partial charge in [-0.1, -0.05) is 48.0 Å². The Hall–Kier alpha value is -2.09. The van der Waals surface area contributed by atoms with Crippen LogP contribution in [0.25, 0.3) is 21.2 Å². The number of rotatable bonds is 2. The summed E-state index contributed by atoms with van der Waals surface area (Å²) in [6.07, 6.45) is 0. The molecule has 1 aliphatic heterocycles. The Balaban J connectivity index is 1.81. The van der Waals surface area contributed by atoms with Crippen molar-refractivity contribution in [1.29, 1.82) is 0 Å². The average molecular weight is 420 g/mol. The van der Waals surface area contributed by atoms with Gasteiger partial charge in [0.05, 0.1) is 15.7 Å². The number of thiophene rings is 1. The number of hydrogen-bond donors (Lipinski definition) is 1. The summed E-state index contributed by atoms with van der Waals surface area (Å²) in [5.41, 5.74) is 5.88. The van der Waals surface area contributed by atoms with E-state index in [0.29, 0.717) is 9.90 Å². The quantitative estimate of drug-likeness (QED) is 0.681. The van der Waals surface area contributed by atoms with Gasteiger partial charge in [-0.3, -0.25) is 0 Å². The fraction of sp³-hybridized carbons (Fsp3) is 0.211. The van der Waals surface area contributed by atoms with Gasteiger partial charge in [0, 0.05) is 11.9 Å². The van der Waals surface area contributed by atoms with Crippen LogP contribution in [0.4, 0.5) is 0 Å². The van der Waals surface area contributed by atoms with E-state index in [-0.39, 0.29) is 11.7 Å². The molecule has 1 aliphatic rings. The van der Waals surface area contributed by atoms with Crippen LogP contribution >= 0.6 is 22.9 Å². The second-order valence-electron chi connectivity index (χ2n) is 6.82. The number of fused-ring (bicyclic) bond motifs is 1. The molecular weight excluding hydrogens is 402 g/mol. The third-order valence-electron chi connectivity index (χ3n) is 4.77. The number of sulfonamides is 1. The van der Waals surface area contributed by atoms with Crippen LogP contribution in [-0.2, 0) is 15.6 Å². The third-order valence-corrected chi connectivity index (χ3v) is 8.57. The fourth-order valence-corrected chi connectivity index (χ4v) is 6.45. The molecule has 3 aromatic rings. The maximum absolute atomic E-state index is 12.4. The van der Waals surface area contributed by atoms with Crippen molar-refractivity contribution in [2.75, 3.05) is 12.8 Å². The summed E-state index contributed by atoms with van der Waals surface area (Å²) >= 11 is 7.96. The summed E-state index contributed by atoms with van der Waals surface area (Å²) in [4.78, 5) is 6.11. The van der Waals surface area contributed by atoms with Crippen molar-refractivity contribution >= 4 is 49.7 Å². The van der Waals surface area contributed by atoms with Crippen molar-refractivity contribution in [3.8, 4) is 10.4 Å². The molecule has 4 rings (SSSR count). The Kier molecular flexibility index (Phi) is 4.21. The number of benzene rings is 2. The molecule has 2 heterocycles. The van der Waals surface area contributed by atoms with Gasteiger partial charge in [0.15, 0.2) is 0 Å². The second-order valence-corrected chi connectivity index (χ2v) is 10.3. The predicted molar refractivity (Wildman–Crippen MR) is 113 cm³/mol. The molecule has 1 aromatic heterocycles. The molecule has 0 fully saturated rings. The van der Waals surface area contributed by atoms with Crippen molar-refractivity contribution in [2.45, 2.75) is 12.5 Å². The van der Waals surface area contributed by atoms with E-state index in [1.807, 2.05) is 24.3 Å². The lowest BCUT2D eigenvalue weighted by atomic mass is 10.0. The molecule has 0 saturated carbocycles. The fourth-order valence-electron chi connectivity index (χ4n) is 3.29.